The van der Waals surface area contributed by atoms with Gasteiger partial charge in [0.05, 0.1) is 6.04 Å². The van der Waals surface area contributed by atoms with Crippen LogP contribution in [-0.4, -0.2) is 52.4 Å². The normalized spacial score (nSPS) is 15.0. The van der Waals surface area contributed by atoms with Crippen LogP contribution in [0.15, 0.2) is 0 Å². The van der Waals surface area contributed by atoms with Crippen molar-refractivity contribution in [2.75, 3.05) is 6.61 Å². The van der Waals surface area contributed by atoms with Crippen LogP contribution < -0.4 is 5.73 Å². The summed E-state index contributed by atoms with van der Waals surface area (Å²) in [7, 11) is 0. The molecule has 0 rings (SSSR count). The molecule has 0 spiro atoms. The summed E-state index contributed by atoms with van der Waals surface area (Å²) in [5.41, 5.74) is 3.95. The number of rotatable bonds is 6. The lowest BCUT2D eigenvalue weighted by Crippen LogP contribution is -2.50. The number of carboxylic acids is 1. The van der Waals surface area contributed by atoms with Crippen molar-refractivity contribution in [2.24, 2.45) is 11.7 Å². The van der Waals surface area contributed by atoms with E-state index < -0.39 is 35.5 Å². The van der Waals surface area contributed by atoms with E-state index in [9.17, 15) is 27.9 Å². The SMILES string of the molecule is CC(=O)OC[C@](C)(O)C(=O)[C@H](N)CC(C)C.O=C(O)C(F)(F)F. The molecule has 0 aliphatic rings. The summed E-state index contributed by atoms with van der Waals surface area (Å²) in [6.45, 7) is 6.04. The lowest BCUT2D eigenvalue weighted by Gasteiger charge is -2.25. The molecule has 0 saturated carbocycles. The molecule has 136 valence electrons. The molecule has 2 atom stereocenters. The molecular formula is C13H22F3NO6. The lowest BCUT2D eigenvalue weighted by molar-refractivity contribution is -0.192. The number of ether oxygens (including phenoxy) is 1. The number of carbonyl (C=O) groups excluding carboxylic acids is 2. The van der Waals surface area contributed by atoms with Gasteiger partial charge in [0.1, 0.15) is 6.61 Å². The van der Waals surface area contributed by atoms with Crippen LogP contribution in [0.3, 0.4) is 0 Å². The molecule has 0 amide bonds. The number of esters is 1. The molecule has 0 fully saturated rings. The van der Waals surface area contributed by atoms with Crippen molar-refractivity contribution in [3.63, 3.8) is 0 Å². The smallest absolute Gasteiger partial charge is 0.475 e. The average Bonchev–Trinajstić information content (AvgIpc) is 2.34. The molecular weight excluding hydrogens is 323 g/mol. The third-order valence-electron chi connectivity index (χ3n) is 2.39. The fourth-order valence-corrected chi connectivity index (χ4v) is 1.33. The molecule has 7 nitrogen and oxygen atoms in total. The second-order valence-corrected chi connectivity index (χ2v) is 5.46. The number of halogens is 3. The topological polar surface area (TPSA) is 127 Å². The van der Waals surface area contributed by atoms with Gasteiger partial charge in [0.2, 0.25) is 0 Å². The van der Waals surface area contributed by atoms with Crippen molar-refractivity contribution in [3.05, 3.63) is 0 Å². The molecule has 0 aromatic heterocycles. The molecule has 0 bridgehead atoms. The van der Waals surface area contributed by atoms with Gasteiger partial charge < -0.3 is 20.7 Å². The number of alkyl halides is 3. The highest BCUT2D eigenvalue weighted by molar-refractivity contribution is 5.91. The van der Waals surface area contributed by atoms with Gasteiger partial charge in [0.15, 0.2) is 11.4 Å². The van der Waals surface area contributed by atoms with Gasteiger partial charge in [-0.3, -0.25) is 9.59 Å². The first-order chi connectivity index (χ1) is 10.1. The zero-order valence-electron chi connectivity index (χ0n) is 13.3. The van der Waals surface area contributed by atoms with E-state index in [-0.39, 0.29) is 12.5 Å². The summed E-state index contributed by atoms with van der Waals surface area (Å²) in [4.78, 5) is 31.2. The second-order valence-electron chi connectivity index (χ2n) is 5.46. The number of hydrogen-bond acceptors (Lipinski definition) is 6. The first-order valence-corrected chi connectivity index (χ1v) is 6.57. The summed E-state index contributed by atoms with van der Waals surface area (Å²) < 4.78 is 36.4. The molecule has 0 unspecified atom stereocenters. The summed E-state index contributed by atoms with van der Waals surface area (Å²) in [5.74, 6) is -3.52. The Labute approximate surface area is 131 Å². The second kappa shape index (κ2) is 9.46. The van der Waals surface area contributed by atoms with Crippen molar-refractivity contribution in [1.29, 1.82) is 0 Å². The maximum atomic E-state index is 11.7. The highest BCUT2D eigenvalue weighted by Crippen LogP contribution is 2.13. The van der Waals surface area contributed by atoms with Gasteiger partial charge in [-0.05, 0) is 19.3 Å². The van der Waals surface area contributed by atoms with E-state index in [1.165, 1.54) is 13.8 Å². The summed E-state index contributed by atoms with van der Waals surface area (Å²) in [6.07, 6.45) is -4.59. The fourth-order valence-electron chi connectivity index (χ4n) is 1.33. The minimum absolute atomic E-state index is 0.267. The first kappa shape index (κ1) is 23.6. The van der Waals surface area contributed by atoms with Crippen molar-refractivity contribution >= 4 is 17.7 Å². The Hall–Kier alpha value is -1.68. The summed E-state index contributed by atoms with van der Waals surface area (Å²) in [5, 5.41) is 16.9. The van der Waals surface area contributed by atoms with E-state index in [1.807, 2.05) is 13.8 Å². The Kier molecular flexibility index (Phi) is 9.70. The summed E-state index contributed by atoms with van der Waals surface area (Å²) >= 11 is 0. The molecule has 0 aliphatic heterocycles. The van der Waals surface area contributed by atoms with E-state index in [0.29, 0.717) is 6.42 Å². The Balaban J connectivity index is 0. The Morgan fingerprint density at radius 2 is 1.61 bits per heavy atom. The van der Waals surface area contributed by atoms with Crippen LogP contribution >= 0.6 is 0 Å². The minimum Gasteiger partial charge on any atom is -0.475 e. The van der Waals surface area contributed by atoms with Crippen LogP contribution in [0.5, 0.6) is 0 Å². The standard InChI is InChI=1S/C11H21NO4.C2HF3O2/c1-7(2)5-9(12)10(14)11(4,15)6-16-8(3)13;3-2(4,5)1(6)7/h7,9,15H,5-6,12H2,1-4H3;(H,6,7)/t9-,11+;/m1./s1. The van der Waals surface area contributed by atoms with E-state index in [2.05, 4.69) is 4.74 Å². The van der Waals surface area contributed by atoms with Gasteiger partial charge in [0, 0.05) is 6.92 Å². The highest BCUT2D eigenvalue weighted by Gasteiger charge is 2.38. The van der Waals surface area contributed by atoms with E-state index in [4.69, 9.17) is 15.6 Å². The monoisotopic (exact) mass is 345 g/mol. The van der Waals surface area contributed by atoms with Gasteiger partial charge in [-0.15, -0.1) is 0 Å². The van der Waals surface area contributed by atoms with Gasteiger partial charge in [-0.1, -0.05) is 13.8 Å². The zero-order valence-corrected chi connectivity index (χ0v) is 13.3. The molecule has 4 N–H and O–H groups in total. The Morgan fingerprint density at radius 1 is 1.22 bits per heavy atom. The van der Waals surface area contributed by atoms with Gasteiger partial charge in [-0.2, -0.15) is 13.2 Å². The van der Waals surface area contributed by atoms with Crippen LogP contribution in [0, 0.1) is 5.92 Å². The van der Waals surface area contributed by atoms with Crippen molar-refractivity contribution in [3.8, 4) is 0 Å². The van der Waals surface area contributed by atoms with Gasteiger partial charge in [0.25, 0.3) is 0 Å². The summed E-state index contributed by atoms with van der Waals surface area (Å²) in [6, 6.07) is -0.731. The van der Waals surface area contributed by atoms with Crippen LogP contribution in [-0.2, 0) is 19.1 Å². The van der Waals surface area contributed by atoms with Crippen LogP contribution in [0.4, 0.5) is 13.2 Å². The number of nitrogens with two attached hydrogens (primary N) is 1. The predicted octanol–water partition coefficient (Wildman–Crippen LogP) is 0.876. The third kappa shape index (κ3) is 11.5. The van der Waals surface area contributed by atoms with E-state index in [1.54, 1.807) is 0 Å². The average molecular weight is 345 g/mol. The number of hydrogen-bond donors (Lipinski definition) is 3. The van der Waals surface area contributed by atoms with Gasteiger partial charge >= 0.3 is 18.1 Å². The first-order valence-electron chi connectivity index (χ1n) is 6.57. The Morgan fingerprint density at radius 3 is 1.87 bits per heavy atom. The molecule has 23 heavy (non-hydrogen) atoms. The van der Waals surface area contributed by atoms with Crippen LogP contribution in [0.25, 0.3) is 0 Å². The molecule has 0 saturated heterocycles. The minimum atomic E-state index is -5.08. The number of Topliss-reactive ketones (excluding diaryl/α,β-unsaturated/α-hetero) is 1. The van der Waals surface area contributed by atoms with Crippen LogP contribution in [0.2, 0.25) is 0 Å². The van der Waals surface area contributed by atoms with E-state index in [0.717, 1.165) is 0 Å². The number of carboxylic acid groups (broad SMARTS) is 1. The number of aliphatic carboxylic acids is 1. The lowest BCUT2D eigenvalue weighted by atomic mass is 9.91. The maximum absolute atomic E-state index is 11.7. The van der Waals surface area contributed by atoms with Gasteiger partial charge in [-0.25, -0.2) is 4.79 Å². The molecule has 0 heterocycles. The van der Waals surface area contributed by atoms with E-state index >= 15 is 0 Å². The quantitative estimate of drug-likeness (QED) is 0.610. The zero-order chi connectivity index (χ0) is 19.0. The third-order valence-corrected chi connectivity index (χ3v) is 2.39. The largest absolute Gasteiger partial charge is 0.490 e. The molecule has 0 radical (unpaired) electrons. The van der Waals surface area contributed by atoms with Crippen molar-refractivity contribution in [1.82, 2.24) is 0 Å². The molecule has 10 heteroatoms. The number of ketones is 1. The van der Waals surface area contributed by atoms with Crippen LogP contribution in [0.1, 0.15) is 34.1 Å². The van der Waals surface area contributed by atoms with Crippen molar-refractivity contribution < 1.29 is 42.5 Å². The highest BCUT2D eigenvalue weighted by atomic mass is 19.4. The molecule has 0 aromatic rings. The molecule has 0 aliphatic carbocycles. The fraction of sp³-hybridized carbons (Fsp3) is 0.769. The number of aliphatic hydroxyl groups is 1. The molecule has 0 aromatic carbocycles. The van der Waals surface area contributed by atoms with Crippen molar-refractivity contribution in [2.45, 2.75) is 51.9 Å². The Bertz CT molecular complexity index is 420. The predicted molar refractivity (Wildman–Crippen MR) is 73.4 cm³/mol. The maximum Gasteiger partial charge on any atom is 0.490 e. The number of carbonyl (C=O) groups is 3.